The minimum atomic E-state index is -0.625. The highest BCUT2D eigenvalue weighted by atomic mass is 79.9. The van der Waals surface area contributed by atoms with Crippen LogP contribution < -0.4 is 10.2 Å². The number of benzene rings is 1. The number of hydrogen-bond acceptors (Lipinski definition) is 3. The van der Waals surface area contributed by atoms with E-state index in [2.05, 4.69) is 31.9 Å². The average molecular weight is 452 g/mol. The maximum Gasteiger partial charge on any atom is 0.347 e. The van der Waals surface area contributed by atoms with Crippen LogP contribution in [0.15, 0.2) is 54.8 Å². The molecular formula is C18H14Br2NO3+. The quantitative estimate of drug-likeness (QED) is 0.342. The van der Waals surface area contributed by atoms with E-state index in [1.165, 1.54) is 0 Å². The number of carbonyl (C=O) groups is 1. The highest BCUT2D eigenvalue weighted by molar-refractivity contribution is 9.11. The molecule has 0 bridgehead atoms. The highest BCUT2D eigenvalue weighted by Gasteiger charge is 2.19. The zero-order chi connectivity index (χ0) is 17.4. The molecule has 1 aromatic carbocycles. The Morgan fingerprint density at radius 1 is 1.08 bits per heavy atom. The lowest BCUT2D eigenvalue weighted by Crippen LogP contribution is -2.39. The molecule has 3 rings (SSSR count). The third kappa shape index (κ3) is 3.49. The van der Waals surface area contributed by atoms with Crippen molar-refractivity contribution < 1.29 is 13.8 Å². The summed E-state index contributed by atoms with van der Waals surface area (Å²) in [5.74, 6) is -0.281. The highest BCUT2D eigenvalue weighted by Crippen LogP contribution is 2.28. The molecule has 0 aliphatic heterocycles. The van der Waals surface area contributed by atoms with E-state index in [9.17, 15) is 9.59 Å². The maximum atomic E-state index is 12.6. The molecule has 2 aromatic heterocycles. The number of ketones is 1. The largest absolute Gasteiger partial charge is 0.421 e. The molecular weight excluding hydrogens is 438 g/mol. The average Bonchev–Trinajstić information content (AvgIpc) is 2.46. The van der Waals surface area contributed by atoms with Crippen molar-refractivity contribution in [3.63, 3.8) is 0 Å². The van der Waals surface area contributed by atoms with Gasteiger partial charge in [0.25, 0.3) is 0 Å². The van der Waals surface area contributed by atoms with Gasteiger partial charge in [-0.25, -0.2) is 4.79 Å². The van der Waals surface area contributed by atoms with Crippen LogP contribution in [-0.2, 0) is 6.54 Å². The number of halogens is 2. The summed E-state index contributed by atoms with van der Waals surface area (Å²) in [5.41, 5.74) is 1.97. The van der Waals surface area contributed by atoms with Crippen LogP contribution in [0.1, 0.15) is 21.5 Å². The van der Waals surface area contributed by atoms with Gasteiger partial charge in [-0.05, 0) is 54.0 Å². The van der Waals surface area contributed by atoms with Gasteiger partial charge >= 0.3 is 5.63 Å². The molecule has 122 valence electrons. The van der Waals surface area contributed by atoms with Gasteiger partial charge in [-0.3, -0.25) is 4.79 Å². The molecule has 3 aromatic rings. The van der Waals surface area contributed by atoms with Crippen LogP contribution in [-0.4, -0.2) is 5.78 Å². The van der Waals surface area contributed by atoms with E-state index in [-0.39, 0.29) is 17.9 Å². The maximum absolute atomic E-state index is 12.6. The van der Waals surface area contributed by atoms with Crippen molar-refractivity contribution in [2.45, 2.75) is 20.4 Å². The van der Waals surface area contributed by atoms with Crippen LogP contribution >= 0.6 is 31.9 Å². The monoisotopic (exact) mass is 450 g/mol. The molecule has 0 unspecified atom stereocenters. The van der Waals surface area contributed by atoms with E-state index in [0.29, 0.717) is 15.4 Å². The van der Waals surface area contributed by atoms with Gasteiger partial charge in [0.05, 0.1) is 4.47 Å². The number of rotatable bonds is 3. The second-order valence-electron chi connectivity index (χ2n) is 5.74. The number of nitrogens with zero attached hydrogens (tertiary/aromatic N) is 1. The van der Waals surface area contributed by atoms with Gasteiger partial charge in [0.2, 0.25) is 12.3 Å². The summed E-state index contributed by atoms with van der Waals surface area (Å²) in [4.78, 5) is 24.8. The number of aryl methyl sites for hydroxylation is 2. The van der Waals surface area contributed by atoms with Crippen molar-refractivity contribution in [2.75, 3.05) is 0 Å². The lowest BCUT2D eigenvalue weighted by Gasteiger charge is -2.04. The standard InChI is InChI=1S/C18H14Br2NO3/c1-10-3-11(2)8-21(7-10)9-16(22)14-5-12-4-13(19)6-15(20)17(12)24-18(14)23/h3-8H,9H2,1-2H3/q+1. The van der Waals surface area contributed by atoms with Crippen LogP contribution in [0, 0.1) is 13.8 Å². The van der Waals surface area contributed by atoms with Crippen LogP contribution in [0.3, 0.4) is 0 Å². The summed E-state index contributed by atoms with van der Waals surface area (Å²) in [7, 11) is 0. The molecule has 0 saturated heterocycles. The van der Waals surface area contributed by atoms with E-state index >= 15 is 0 Å². The van der Waals surface area contributed by atoms with Crippen molar-refractivity contribution in [1.82, 2.24) is 0 Å². The fourth-order valence-electron chi connectivity index (χ4n) is 2.69. The first kappa shape index (κ1) is 17.0. The Balaban J connectivity index is 2.03. The lowest BCUT2D eigenvalue weighted by atomic mass is 10.1. The predicted molar refractivity (Wildman–Crippen MR) is 98.3 cm³/mol. The molecule has 0 aliphatic carbocycles. The van der Waals surface area contributed by atoms with Gasteiger partial charge in [-0.1, -0.05) is 15.9 Å². The first-order valence-corrected chi connectivity index (χ1v) is 8.85. The van der Waals surface area contributed by atoms with Crippen LogP contribution in [0.2, 0.25) is 0 Å². The zero-order valence-corrected chi connectivity index (χ0v) is 16.3. The third-order valence-corrected chi connectivity index (χ3v) is 4.62. The predicted octanol–water partition coefficient (Wildman–Crippen LogP) is 4.11. The molecule has 0 spiro atoms. The van der Waals surface area contributed by atoms with Crippen molar-refractivity contribution in [3.05, 3.63) is 72.7 Å². The van der Waals surface area contributed by atoms with Crippen molar-refractivity contribution in [1.29, 1.82) is 0 Å². The minimum Gasteiger partial charge on any atom is -0.421 e. The summed E-state index contributed by atoms with van der Waals surface area (Å²) in [6.07, 6.45) is 3.75. The molecule has 0 amide bonds. The fraction of sp³-hybridized carbons (Fsp3) is 0.167. The summed E-state index contributed by atoms with van der Waals surface area (Å²) >= 11 is 6.76. The number of pyridine rings is 1. The Morgan fingerprint density at radius 3 is 2.42 bits per heavy atom. The summed E-state index contributed by atoms with van der Waals surface area (Å²) in [6.45, 7) is 4.02. The Kier molecular flexibility index (Phi) is 4.69. The van der Waals surface area contributed by atoms with Gasteiger partial charge in [0.1, 0.15) is 5.56 Å². The van der Waals surface area contributed by atoms with Crippen LogP contribution in [0.25, 0.3) is 11.0 Å². The van der Waals surface area contributed by atoms with Gasteiger partial charge < -0.3 is 4.42 Å². The molecule has 0 atom stereocenters. The van der Waals surface area contributed by atoms with Gasteiger partial charge in [-0.2, -0.15) is 4.57 Å². The van der Waals surface area contributed by atoms with E-state index in [4.69, 9.17) is 4.42 Å². The van der Waals surface area contributed by atoms with Crippen molar-refractivity contribution in [3.8, 4) is 0 Å². The minimum absolute atomic E-state index is 0.0548. The zero-order valence-electron chi connectivity index (χ0n) is 13.1. The first-order chi connectivity index (χ1) is 11.3. The Bertz CT molecular complexity index is 1000. The second kappa shape index (κ2) is 6.61. The number of hydrogen-bond donors (Lipinski definition) is 0. The molecule has 0 aliphatic rings. The van der Waals surface area contributed by atoms with Gasteiger partial charge in [0.15, 0.2) is 18.0 Å². The summed E-state index contributed by atoms with van der Waals surface area (Å²) < 4.78 is 8.61. The lowest BCUT2D eigenvalue weighted by molar-refractivity contribution is -0.683. The van der Waals surface area contributed by atoms with Crippen LogP contribution in [0.4, 0.5) is 0 Å². The summed E-state index contributed by atoms with van der Waals surface area (Å²) in [6, 6.07) is 7.21. The Morgan fingerprint density at radius 2 is 1.75 bits per heavy atom. The normalized spacial score (nSPS) is 11.0. The second-order valence-corrected chi connectivity index (χ2v) is 7.51. The third-order valence-electron chi connectivity index (χ3n) is 3.57. The van der Waals surface area contributed by atoms with Gasteiger partial charge in [0, 0.05) is 21.0 Å². The molecule has 6 heteroatoms. The van der Waals surface area contributed by atoms with E-state index in [1.807, 2.05) is 38.4 Å². The topological polar surface area (TPSA) is 51.2 Å². The van der Waals surface area contributed by atoms with E-state index < -0.39 is 5.63 Å². The number of aromatic nitrogens is 1. The molecule has 0 fully saturated rings. The van der Waals surface area contributed by atoms with E-state index in [0.717, 1.165) is 15.6 Å². The molecule has 4 nitrogen and oxygen atoms in total. The van der Waals surface area contributed by atoms with Crippen LogP contribution in [0.5, 0.6) is 0 Å². The smallest absolute Gasteiger partial charge is 0.347 e. The SMILES string of the molecule is Cc1cc(C)c[n+](CC(=O)c2cc3cc(Br)cc(Br)c3oc2=O)c1. The Hall–Kier alpha value is -1.79. The molecule has 24 heavy (non-hydrogen) atoms. The van der Waals surface area contributed by atoms with Crippen molar-refractivity contribution in [2.24, 2.45) is 0 Å². The summed E-state index contributed by atoms with van der Waals surface area (Å²) in [5, 5.41) is 0.685. The van der Waals surface area contributed by atoms with Gasteiger partial charge in [-0.15, -0.1) is 0 Å². The fourth-order valence-corrected chi connectivity index (χ4v) is 4.03. The van der Waals surface area contributed by atoms with Crippen molar-refractivity contribution >= 4 is 48.6 Å². The Labute approximate surface area is 155 Å². The molecule has 0 N–H and O–H groups in total. The molecule has 2 heterocycles. The molecule has 0 saturated carbocycles. The first-order valence-electron chi connectivity index (χ1n) is 7.27. The number of fused-ring (bicyclic) bond motifs is 1. The number of Topliss-reactive ketones (excluding diaryl/α,β-unsaturated/α-hetero) is 1. The van der Waals surface area contributed by atoms with E-state index in [1.54, 1.807) is 16.7 Å². The molecule has 0 radical (unpaired) electrons. The number of carbonyl (C=O) groups excluding carboxylic acids is 1.